The van der Waals surface area contributed by atoms with Gasteiger partial charge in [0.1, 0.15) is 14.1 Å². The second kappa shape index (κ2) is 7.44. The van der Waals surface area contributed by atoms with Crippen LogP contribution in [0.2, 0.25) is 13.1 Å². The van der Waals surface area contributed by atoms with Crippen molar-refractivity contribution in [3.8, 4) is 0 Å². The fraction of sp³-hybridized carbons (Fsp3) is 0.462. The summed E-state index contributed by atoms with van der Waals surface area (Å²) in [6, 6.07) is 3.35. The molecule has 1 aromatic heterocycles. The van der Waals surface area contributed by atoms with Crippen LogP contribution in [0.15, 0.2) is 24.5 Å². The molecule has 7 heteroatoms. The Hall–Kier alpha value is -1.34. The highest BCUT2D eigenvalue weighted by atomic mass is 32.1. The van der Waals surface area contributed by atoms with E-state index in [0.717, 1.165) is 0 Å². The first kappa shape index (κ1) is 16.7. The number of amides is 2. The van der Waals surface area contributed by atoms with Crippen molar-refractivity contribution in [2.75, 3.05) is 11.9 Å². The summed E-state index contributed by atoms with van der Waals surface area (Å²) in [7, 11) is -1.77. The number of pyridine rings is 1. The first-order valence-electron chi connectivity index (χ1n) is 6.43. The quantitative estimate of drug-likeness (QED) is 0.515. The second-order valence-electron chi connectivity index (χ2n) is 5.28. The number of rotatable bonds is 6. The van der Waals surface area contributed by atoms with Gasteiger partial charge < -0.3 is 10.6 Å². The van der Waals surface area contributed by atoms with Gasteiger partial charge in [0.2, 0.25) is 11.8 Å². The van der Waals surface area contributed by atoms with E-state index in [9.17, 15) is 9.59 Å². The molecule has 0 aromatic carbocycles. The summed E-state index contributed by atoms with van der Waals surface area (Å²) < 4.78 is 0. The highest BCUT2D eigenvalue weighted by Gasteiger charge is 2.26. The molecule has 0 bridgehead atoms. The lowest BCUT2D eigenvalue weighted by molar-refractivity contribution is -0.127. The molecular formula is C13H21N3O2SSi. The Bertz CT molecular complexity index is 468. The average Bonchev–Trinajstić information content (AvgIpc) is 2.43. The number of nitrogens with zero attached hydrogens (tertiary/aromatic N) is 1. The third-order valence-corrected chi connectivity index (χ3v) is 6.31. The van der Waals surface area contributed by atoms with Crippen molar-refractivity contribution in [3.63, 3.8) is 0 Å². The summed E-state index contributed by atoms with van der Waals surface area (Å²) in [4.78, 5) is 27.2. The monoisotopic (exact) mass is 311 g/mol. The molecule has 2 amide bonds. The summed E-state index contributed by atoms with van der Waals surface area (Å²) in [5.74, 6) is -0.150. The van der Waals surface area contributed by atoms with E-state index in [1.165, 1.54) is 12.1 Å². The number of hydrogen-bond donors (Lipinski definition) is 3. The van der Waals surface area contributed by atoms with E-state index in [2.05, 4.69) is 41.3 Å². The lowest BCUT2D eigenvalue weighted by Gasteiger charge is -2.24. The minimum Gasteiger partial charge on any atom is -0.357 e. The van der Waals surface area contributed by atoms with Gasteiger partial charge in [-0.1, -0.05) is 19.2 Å². The Morgan fingerprint density at radius 2 is 2.15 bits per heavy atom. The van der Waals surface area contributed by atoms with E-state index in [1.807, 2.05) is 18.3 Å². The molecule has 0 saturated carbocycles. The zero-order chi connectivity index (χ0) is 15.2. The van der Waals surface area contributed by atoms with Crippen molar-refractivity contribution in [2.24, 2.45) is 0 Å². The maximum atomic E-state index is 12.0. The van der Waals surface area contributed by atoms with Gasteiger partial charge in [-0.2, -0.15) is 12.6 Å². The van der Waals surface area contributed by atoms with Crippen LogP contribution in [-0.2, 0) is 9.59 Å². The lowest BCUT2D eigenvalue weighted by atomic mass is 10.3. The van der Waals surface area contributed by atoms with Crippen molar-refractivity contribution in [1.82, 2.24) is 15.6 Å². The van der Waals surface area contributed by atoms with Crippen LogP contribution in [0.5, 0.6) is 0 Å². The van der Waals surface area contributed by atoms with E-state index < -0.39 is 14.1 Å². The van der Waals surface area contributed by atoms with E-state index in [-0.39, 0.29) is 17.6 Å². The van der Waals surface area contributed by atoms with Crippen LogP contribution in [0.25, 0.3) is 0 Å². The van der Waals surface area contributed by atoms with Crippen LogP contribution >= 0.6 is 12.6 Å². The maximum absolute atomic E-state index is 12.0. The van der Waals surface area contributed by atoms with Crippen molar-refractivity contribution >= 4 is 37.7 Å². The molecule has 0 aliphatic carbocycles. The predicted molar refractivity (Wildman–Crippen MR) is 85.8 cm³/mol. The molecule has 1 heterocycles. The maximum Gasteiger partial charge on any atom is 0.243 e. The molecule has 0 radical (unpaired) electrons. The molecule has 0 unspecified atom stereocenters. The molecular weight excluding hydrogens is 290 g/mol. The molecule has 1 rings (SSSR count). The smallest absolute Gasteiger partial charge is 0.243 e. The van der Waals surface area contributed by atoms with Gasteiger partial charge in [0, 0.05) is 31.2 Å². The Morgan fingerprint density at radius 1 is 1.45 bits per heavy atom. The molecule has 1 aromatic rings. The fourth-order valence-corrected chi connectivity index (χ4v) is 3.78. The highest BCUT2D eigenvalue weighted by molar-refractivity contribution is 7.80. The number of nitrogens with one attached hydrogen (secondary N) is 2. The van der Waals surface area contributed by atoms with Crippen molar-refractivity contribution in [3.05, 3.63) is 24.5 Å². The first-order valence-corrected chi connectivity index (χ1v) is 10.3. The summed E-state index contributed by atoms with van der Waals surface area (Å²) in [6.07, 6.45) is 4.18. The first-order chi connectivity index (χ1) is 9.36. The predicted octanol–water partition coefficient (Wildman–Crippen LogP) is 0.0869. The standard InChI is InChI=1S/C13H21N3O2SSi/c1-10(17)16-12(8-19)13(18)15-9-20(2,3)11-5-4-6-14-7-11/h4-7,12,19H,8-9H2,1-3H3,(H,15,18)(H,16,17)/t12-/m0/s1. The SMILES string of the molecule is CC(=O)N[C@@H](CS)C(=O)NC[Si](C)(C)c1cccnc1. The molecule has 2 N–H and O–H groups in total. The second-order valence-corrected chi connectivity index (χ2v) is 10.3. The van der Waals surface area contributed by atoms with Gasteiger partial charge in [-0.05, 0) is 11.3 Å². The molecule has 110 valence electrons. The van der Waals surface area contributed by atoms with Gasteiger partial charge in [0.15, 0.2) is 0 Å². The topological polar surface area (TPSA) is 71.1 Å². The van der Waals surface area contributed by atoms with Crippen molar-refractivity contribution in [1.29, 1.82) is 0 Å². The molecule has 0 spiro atoms. The molecule has 1 atom stereocenters. The van der Waals surface area contributed by atoms with Crippen LogP contribution in [0, 0.1) is 0 Å². The van der Waals surface area contributed by atoms with Gasteiger partial charge in [-0.15, -0.1) is 0 Å². The van der Waals surface area contributed by atoms with Gasteiger partial charge in [0.25, 0.3) is 0 Å². The van der Waals surface area contributed by atoms with E-state index >= 15 is 0 Å². The fourth-order valence-electron chi connectivity index (χ4n) is 1.74. The lowest BCUT2D eigenvalue weighted by Crippen LogP contribution is -2.55. The summed E-state index contributed by atoms with van der Waals surface area (Å²) >= 11 is 4.09. The van der Waals surface area contributed by atoms with E-state index in [1.54, 1.807) is 6.20 Å². The average molecular weight is 311 g/mol. The largest absolute Gasteiger partial charge is 0.357 e. The van der Waals surface area contributed by atoms with Crippen LogP contribution in [0.3, 0.4) is 0 Å². The van der Waals surface area contributed by atoms with Crippen LogP contribution in [0.4, 0.5) is 0 Å². The number of carbonyl (C=O) groups excluding carboxylic acids is 2. The minimum atomic E-state index is -1.77. The minimum absolute atomic E-state index is 0.195. The van der Waals surface area contributed by atoms with Crippen molar-refractivity contribution < 1.29 is 9.59 Å². The number of thiol groups is 1. The summed E-state index contributed by atoms with van der Waals surface area (Å²) in [6.45, 7) is 5.72. The van der Waals surface area contributed by atoms with Crippen LogP contribution in [-0.4, -0.2) is 42.8 Å². The van der Waals surface area contributed by atoms with Gasteiger partial charge in [0.05, 0.1) is 0 Å². The summed E-state index contributed by atoms with van der Waals surface area (Å²) in [5.41, 5.74) is 0. The van der Waals surface area contributed by atoms with Crippen LogP contribution in [0.1, 0.15) is 6.92 Å². The van der Waals surface area contributed by atoms with Crippen molar-refractivity contribution in [2.45, 2.75) is 26.1 Å². The van der Waals surface area contributed by atoms with E-state index in [0.29, 0.717) is 6.17 Å². The molecule has 0 aliphatic rings. The van der Waals surface area contributed by atoms with E-state index in [4.69, 9.17) is 0 Å². The third kappa shape index (κ3) is 4.97. The molecule has 0 aliphatic heterocycles. The Balaban J connectivity index is 2.61. The highest BCUT2D eigenvalue weighted by Crippen LogP contribution is 2.01. The summed E-state index contributed by atoms with van der Waals surface area (Å²) in [5, 5.41) is 6.67. The number of carbonyl (C=O) groups is 2. The van der Waals surface area contributed by atoms with Crippen LogP contribution < -0.4 is 15.8 Å². The molecule has 0 saturated heterocycles. The number of aromatic nitrogens is 1. The van der Waals surface area contributed by atoms with Gasteiger partial charge >= 0.3 is 0 Å². The van der Waals surface area contributed by atoms with Gasteiger partial charge in [-0.25, -0.2) is 0 Å². The Labute approximate surface area is 126 Å². The Morgan fingerprint density at radius 3 is 2.65 bits per heavy atom. The Kier molecular flexibility index (Phi) is 6.22. The third-order valence-electron chi connectivity index (χ3n) is 3.02. The number of hydrogen-bond acceptors (Lipinski definition) is 4. The van der Waals surface area contributed by atoms with Gasteiger partial charge in [-0.3, -0.25) is 14.6 Å². The molecule has 20 heavy (non-hydrogen) atoms. The zero-order valence-electron chi connectivity index (χ0n) is 12.0. The molecule has 5 nitrogen and oxygen atoms in total. The zero-order valence-corrected chi connectivity index (χ0v) is 13.9. The molecule has 0 fully saturated rings. The normalized spacial score (nSPS) is 12.6.